The molecule has 1 unspecified atom stereocenters. The fourth-order valence-corrected chi connectivity index (χ4v) is 2.53. The van der Waals surface area contributed by atoms with E-state index in [2.05, 4.69) is 21.0 Å². The summed E-state index contributed by atoms with van der Waals surface area (Å²) in [5.74, 6) is -0.273. The van der Waals surface area contributed by atoms with Gasteiger partial charge in [0.2, 0.25) is 0 Å². The summed E-state index contributed by atoms with van der Waals surface area (Å²) in [7, 11) is 1.88. The Morgan fingerprint density at radius 1 is 1.44 bits per heavy atom. The summed E-state index contributed by atoms with van der Waals surface area (Å²) in [5.41, 5.74) is 8.90. The second-order valence-corrected chi connectivity index (χ2v) is 5.23. The molecule has 96 valence electrons. The summed E-state index contributed by atoms with van der Waals surface area (Å²) in [6, 6.07) is 6.29. The zero-order valence-electron chi connectivity index (χ0n) is 10.3. The Morgan fingerprint density at radius 3 is 2.78 bits per heavy atom. The van der Waals surface area contributed by atoms with Gasteiger partial charge < -0.3 is 5.73 Å². The lowest BCUT2D eigenvalue weighted by molar-refractivity contribution is 0.608. The summed E-state index contributed by atoms with van der Waals surface area (Å²) in [6.07, 6.45) is 0.624. The Bertz CT molecular complexity index is 565. The van der Waals surface area contributed by atoms with E-state index in [0.717, 1.165) is 21.4 Å². The molecule has 0 spiro atoms. The highest BCUT2D eigenvalue weighted by Gasteiger charge is 2.14. The van der Waals surface area contributed by atoms with Crippen molar-refractivity contribution in [1.29, 1.82) is 0 Å². The van der Waals surface area contributed by atoms with Crippen LogP contribution in [0.1, 0.15) is 23.0 Å². The number of nitrogens with zero attached hydrogens (tertiary/aromatic N) is 2. The molecule has 1 aromatic heterocycles. The largest absolute Gasteiger partial charge is 0.324 e. The van der Waals surface area contributed by atoms with Crippen molar-refractivity contribution in [2.75, 3.05) is 0 Å². The average molecular weight is 312 g/mol. The maximum absolute atomic E-state index is 13.2. The van der Waals surface area contributed by atoms with Gasteiger partial charge in [-0.2, -0.15) is 5.10 Å². The van der Waals surface area contributed by atoms with E-state index < -0.39 is 0 Å². The third-order valence-corrected chi connectivity index (χ3v) is 3.61. The number of halogens is 2. The fourth-order valence-electron chi connectivity index (χ4n) is 1.99. The van der Waals surface area contributed by atoms with Gasteiger partial charge in [0.25, 0.3) is 0 Å². The van der Waals surface area contributed by atoms with Crippen LogP contribution in [0.3, 0.4) is 0 Å². The number of hydrogen-bond donors (Lipinski definition) is 1. The number of rotatable bonds is 3. The molecule has 1 heterocycles. The molecular formula is C13H15BrFN3. The average Bonchev–Trinajstić information content (AvgIpc) is 2.61. The summed E-state index contributed by atoms with van der Waals surface area (Å²) in [4.78, 5) is 0. The minimum Gasteiger partial charge on any atom is -0.324 e. The van der Waals surface area contributed by atoms with Crippen LogP contribution in [0.25, 0.3) is 0 Å². The highest BCUT2D eigenvalue weighted by molar-refractivity contribution is 9.10. The maximum atomic E-state index is 13.2. The second kappa shape index (κ2) is 5.20. The van der Waals surface area contributed by atoms with E-state index in [-0.39, 0.29) is 11.9 Å². The first-order valence-corrected chi connectivity index (χ1v) is 6.46. The van der Waals surface area contributed by atoms with E-state index in [4.69, 9.17) is 5.73 Å². The predicted molar refractivity (Wildman–Crippen MR) is 72.7 cm³/mol. The van der Waals surface area contributed by atoms with Crippen molar-refractivity contribution in [1.82, 2.24) is 9.78 Å². The van der Waals surface area contributed by atoms with E-state index in [1.165, 1.54) is 12.1 Å². The highest BCUT2D eigenvalue weighted by Crippen LogP contribution is 2.25. The van der Waals surface area contributed by atoms with Gasteiger partial charge >= 0.3 is 0 Å². The molecular weight excluding hydrogens is 297 g/mol. The molecule has 2 N–H and O–H groups in total. The van der Waals surface area contributed by atoms with Gasteiger partial charge in [-0.1, -0.05) is 15.9 Å². The maximum Gasteiger partial charge on any atom is 0.123 e. The van der Waals surface area contributed by atoms with Crippen LogP contribution in [0, 0.1) is 12.7 Å². The van der Waals surface area contributed by atoms with Crippen molar-refractivity contribution in [2.24, 2.45) is 12.8 Å². The summed E-state index contributed by atoms with van der Waals surface area (Å²) in [6.45, 7) is 1.94. The van der Waals surface area contributed by atoms with Crippen LogP contribution >= 0.6 is 15.9 Å². The molecule has 0 fully saturated rings. The molecule has 2 aromatic rings. The van der Waals surface area contributed by atoms with Gasteiger partial charge in [0.05, 0.1) is 5.69 Å². The lowest BCUT2D eigenvalue weighted by Gasteiger charge is -2.14. The second-order valence-electron chi connectivity index (χ2n) is 4.38. The Balaban J connectivity index is 2.24. The van der Waals surface area contributed by atoms with Gasteiger partial charge in [-0.25, -0.2) is 4.39 Å². The lowest BCUT2D eigenvalue weighted by Crippen LogP contribution is -2.16. The van der Waals surface area contributed by atoms with Crippen molar-refractivity contribution in [3.05, 3.63) is 51.5 Å². The van der Waals surface area contributed by atoms with E-state index in [9.17, 15) is 4.39 Å². The van der Waals surface area contributed by atoms with Crippen LogP contribution in [0.15, 0.2) is 28.7 Å². The number of nitrogens with two attached hydrogens (primary N) is 1. The van der Waals surface area contributed by atoms with E-state index in [1.54, 1.807) is 6.07 Å². The Hall–Kier alpha value is -1.20. The minimum absolute atomic E-state index is 0.259. The molecule has 3 nitrogen and oxygen atoms in total. The standard InChI is InChI=1S/C13H15BrFN3/c1-8-5-10(18(2)17-8)7-13(16)11-6-9(15)3-4-12(11)14/h3-6,13H,7,16H2,1-2H3. The van der Waals surface area contributed by atoms with Crippen molar-refractivity contribution in [2.45, 2.75) is 19.4 Å². The van der Waals surface area contributed by atoms with Crippen molar-refractivity contribution in [3.63, 3.8) is 0 Å². The van der Waals surface area contributed by atoms with Crippen LogP contribution in [0.5, 0.6) is 0 Å². The van der Waals surface area contributed by atoms with Gasteiger partial charge in [-0.3, -0.25) is 4.68 Å². The van der Waals surface area contributed by atoms with Crippen LogP contribution in [-0.4, -0.2) is 9.78 Å². The Labute approximate surface area is 114 Å². The number of aryl methyl sites for hydroxylation is 2. The molecule has 18 heavy (non-hydrogen) atoms. The topological polar surface area (TPSA) is 43.8 Å². The van der Waals surface area contributed by atoms with Crippen LogP contribution in [0.2, 0.25) is 0 Å². The SMILES string of the molecule is Cc1cc(CC(N)c2cc(F)ccc2Br)n(C)n1. The first-order chi connectivity index (χ1) is 8.47. The Morgan fingerprint density at radius 2 is 2.17 bits per heavy atom. The van der Waals surface area contributed by atoms with Gasteiger partial charge in [0.1, 0.15) is 5.82 Å². The predicted octanol–water partition coefficient (Wildman–Crippen LogP) is 2.87. The zero-order valence-corrected chi connectivity index (χ0v) is 11.9. The molecule has 0 bridgehead atoms. The number of hydrogen-bond acceptors (Lipinski definition) is 2. The molecule has 0 saturated carbocycles. The molecule has 0 radical (unpaired) electrons. The van der Waals surface area contributed by atoms with E-state index in [0.29, 0.717) is 6.42 Å². The Kier molecular flexibility index (Phi) is 3.82. The summed E-state index contributed by atoms with van der Waals surface area (Å²) in [5, 5.41) is 4.27. The van der Waals surface area contributed by atoms with Gasteiger partial charge in [0.15, 0.2) is 0 Å². The number of aromatic nitrogens is 2. The summed E-state index contributed by atoms with van der Waals surface area (Å²) < 4.78 is 15.9. The zero-order chi connectivity index (χ0) is 13.3. The smallest absolute Gasteiger partial charge is 0.123 e. The summed E-state index contributed by atoms with van der Waals surface area (Å²) >= 11 is 3.40. The number of benzene rings is 1. The van der Waals surface area contributed by atoms with Crippen molar-refractivity contribution < 1.29 is 4.39 Å². The highest BCUT2D eigenvalue weighted by atomic mass is 79.9. The van der Waals surface area contributed by atoms with Crippen LogP contribution in [-0.2, 0) is 13.5 Å². The molecule has 0 aliphatic rings. The minimum atomic E-state index is -0.273. The molecule has 2 rings (SSSR count). The van der Waals surface area contributed by atoms with Gasteiger partial charge in [-0.15, -0.1) is 0 Å². The third-order valence-electron chi connectivity index (χ3n) is 2.89. The monoisotopic (exact) mass is 311 g/mol. The quantitative estimate of drug-likeness (QED) is 0.947. The van der Waals surface area contributed by atoms with E-state index >= 15 is 0 Å². The van der Waals surface area contributed by atoms with E-state index in [1.807, 2.05) is 24.7 Å². The van der Waals surface area contributed by atoms with Crippen LogP contribution in [0.4, 0.5) is 4.39 Å². The van der Waals surface area contributed by atoms with Gasteiger partial charge in [-0.05, 0) is 36.8 Å². The fraction of sp³-hybridized carbons (Fsp3) is 0.308. The third kappa shape index (κ3) is 2.79. The molecule has 0 aliphatic carbocycles. The van der Waals surface area contributed by atoms with Crippen molar-refractivity contribution in [3.8, 4) is 0 Å². The molecule has 1 aromatic carbocycles. The van der Waals surface area contributed by atoms with Gasteiger partial charge in [0, 0.05) is 29.7 Å². The van der Waals surface area contributed by atoms with Crippen LogP contribution < -0.4 is 5.73 Å². The molecule has 0 saturated heterocycles. The normalized spacial score (nSPS) is 12.7. The van der Waals surface area contributed by atoms with Crippen molar-refractivity contribution >= 4 is 15.9 Å². The first kappa shape index (κ1) is 13.2. The molecule has 5 heteroatoms. The lowest BCUT2D eigenvalue weighted by atomic mass is 10.0. The molecule has 1 atom stereocenters. The first-order valence-electron chi connectivity index (χ1n) is 5.67. The molecule has 0 amide bonds. The molecule has 0 aliphatic heterocycles.